The molecule has 0 unspecified atom stereocenters. The first-order chi connectivity index (χ1) is 8.69. The largest absolute Gasteiger partial charge is 0.407 e. The van der Waals surface area contributed by atoms with Crippen LogP contribution in [0.1, 0.15) is 6.92 Å². The van der Waals surface area contributed by atoms with E-state index in [1.807, 2.05) is 0 Å². The first-order valence-electron chi connectivity index (χ1n) is 5.77. The molecule has 0 spiro atoms. The molecule has 0 bridgehead atoms. The summed E-state index contributed by atoms with van der Waals surface area (Å²) in [7, 11) is 1.72. The highest BCUT2D eigenvalue weighted by Crippen LogP contribution is 2.20. The van der Waals surface area contributed by atoms with E-state index in [1.54, 1.807) is 13.1 Å². The molecule has 2 rings (SSSR count). The Bertz CT molecular complexity index is 432. The van der Waals surface area contributed by atoms with Crippen LogP contribution >= 0.6 is 0 Å². The second-order valence-corrected chi connectivity index (χ2v) is 3.83. The molecule has 0 amide bonds. The highest BCUT2D eigenvalue weighted by molar-refractivity contribution is 5.69. The molecule has 1 aromatic rings. The molecule has 0 saturated carbocycles. The molecule has 98 valence electrons. The molecule has 18 heavy (non-hydrogen) atoms. The number of nitrogens with zero attached hydrogens (tertiary/aromatic N) is 3. The van der Waals surface area contributed by atoms with Gasteiger partial charge in [-0.15, -0.1) is 0 Å². The zero-order valence-corrected chi connectivity index (χ0v) is 10.5. The number of ether oxygens (including phenoxy) is 2. The Hall–Kier alpha value is -1.89. The van der Waals surface area contributed by atoms with Crippen molar-refractivity contribution in [2.45, 2.75) is 6.92 Å². The lowest BCUT2D eigenvalue weighted by molar-refractivity contribution is -0.132. The van der Waals surface area contributed by atoms with Gasteiger partial charge in [-0.05, 0) is 0 Å². The van der Waals surface area contributed by atoms with Crippen molar-refractivity contribution in [1.82, 2.24) is 9.97 Å². The van der Waals surface area contributed by atoms with Gasteiger partial charge in [0.05, 0.1) is 13.2 Å². The van der Waals surface area contributed by atoms with Crippen molar-refractivity contribution in [3.8, 4) is 5.88 Å². The quantitative estimate of drug-likeness (QED) is 0.774. The number of hydrogen-bond donors (Lipinski definition) is 1. The average Bonchev–Trinajstić information content (AvgIpc) is 2.38. The number of rotatable bonds is 3. The fourth-order valence-electron chi connectivity index (χ4n) is 1.68. The van der Waals surface area contributed by atoms with Crippen LogP contribution in [0.4, 0.5) is 11.8 Å². The van der Waals surface area contributed by atoms with Gasteiger partial charge in [0, 0.05) is 33.1 Å². The summed E-state index contributed by atoms with van der Waals surface area (Å²) in [5, 5.41) is 2.85. The van der Waals surface area contributed by atoms with Crippen LogP contribution in [0, 0.1) is 0 Å². The maximum atomic E-state index is 11.0. The van der Waals surface area contributed by atoms with Crippen LogP contribution in [-0.4, -0.2) is 49.3 Å². The summed E-state index contributed by atoms with van der Waals surface area (Å²) in [6, 6.07) is 1.66. The highest BCUT2D eigenvalue weighted by atomic mass is 16.5. The van der Waals surface area contributed by atoms with E-state index in [4.69, 9.17) is 9.47 Å². The summed E-state index contributed by atoms with van der Waals surface area (Å²) in [4.78, 5) is 21.4. The molecule has 2 heterocycles. The van der Waals surface area contributed by atoms with Crippen molar-refractivity contribution in [2.24, 2.45) is 0 Å². The molecule has 0 aromatic carbocycles. The lowest BCUT2D eigenvalue weighted by Gasteiger charge is -2.28. The maximum absolute atomic E-state index is 11.0. The van der Waals surface area contributed by atoms with E-state index in [1.165, 1.54) is 6.92 Å². The summed E-state index contributed by atoms with van der Waals surface area (Å²) < 4.78 is 10.3. The normalized spacial score (nSPS) is 15.3. The molecule has 0 atom stereocenters. The van der Waals surface area contributed by atoms with Gasteiger partial charge in [0.15, 0.2) is 0 Å². The topological polar surface area (TPSA) is 76.6 Å². The third kappa shape index (κ3) is 3.07. The molecule has 0 aliphatic carbocycles. The van der Waals surface area contributed by atoms with Crippen molar-refractivity contribution < 1.29 is 14.3 Å². The maximum Gasteiger partial charge on any atom is 0.309 e. The van der Waals surface area contributed by atoms with Crippen LogP contribution in [0.3, 0.4) is 0 Å². The SMILES string of the molecule is CNc1nc(OC(C)=O)cc(N2CCOCC2)n1. The monoisotopic (exact) mass is 252 g/mol. The smallest absolute Gasteiger partial charge is 0.309 e. The minimum Gasteiger partial charge on any atom is -0.407 e. The van der Waals surface area contributed by atoms with Crippen molar-refractivity contribution in [3.63, 3.8) is 0 Å². The molecule has 1 N–H and O–H groups in total. The lowest BCUT2D eigenvalue weighted by atomic mass is 10.4. The number of nitrogens with one attached hydrogen (secondary N) is 1. The Balaban J connectivity index is 2.24. The van der Waals surface area contributed by atoms with Crippen LogP contribution in [0.5, 0.6) is 5.88 Å². The molecule has 1 aromatic heterocycles. The van der Waals surface area contributed by atoms with E-state index in [0.717, 1.165) is 18.9 Å². The van der Waals surface area contributed by atoms with Crippen molar-refractivity contribution in [3.05, 3.63) is 6.07 Å². The van der Waals surface area contributed by atoms with E-state index >= 15 is 0 Å². The number of aromatic nitrogens is 2. The van der Waals surface area contributed by atoms with Gasteiger partial charge in [-0.1, -0.05) is 0 Å². The summed E-state index contributed by atoms with van der Waals surface area (Å²) >= 11 is 0. The number of hydrogen-bond acceptors (Lipinski definition) is 7. The number of carbonyl (C=O) groups excluding carboxylic acids is 1. The van der Waals surface area contributed by atoms with Gasteiger partial charge >= 0.3 is 5.97 Å². The highest BCUT2D eigenvalue weighted by Gasteiger charge is 2.15. The van der Waals surface area contributed by atoms with Gasteiger partial charge < -0.3 is 19.7 Å². The number of esters is 1. The van der Waals surface area contributed by atoms with Gasteiger partial charge in [0.2, 0.25) is 11.8 Å². The third-order valence-electron chi connectivity index (χ3n) is 2.50. The Morgan fingerprint density at radius 2 is 2.17 bits per heavy atom. The zero-order chi connectivity index (χ0) is 13.0. The Morgan fingerprint density at radius 1 is 1.44 bits per heavy atom. The Labute approximate surface area is 105 Å². The Morgan fingerprint density at radius 3 is 2.78 bits per heavy atom. The van der Waals surface area contributed by atoms with E-state index in [9.17, 15) is 4.79 Å². The van der Waals surface area contributed by atoms with Gasteiger partial charge in [0.1, 0.15) is 5.82 Å². The minimum atomic E-state index is -0.399. The molecular weight excluding hydrogens is 236 g/mol. The van der Waals surface area contributed by atoms with E-state index in [2.05, 4.69) is 20.2 Å². The average molecular weight is 252 g/mol. The van der Waals surface area contributed by atoms with Gasteiger partial charge in [-0.25, -0.2) is 0 Å². The predicted octanol–water partition coefficient (Wildman–Crippen LogP) is 0.280. The van der Waals surface area contributed by atoms with Gasteiger partial charge in [-0.3, -0.25) is 4.79 Å². The molecule has 7 nitrogen and oxygen atoms in total. The zero-order valence-electron chi connectivity index (χ0n) is 10.5. The standard InChI is InChI=1S/C11H16N4O3/c1-8(16)18-10-7-9(13-11(12-2)14-10)15-3-5-17-6-4-15/h7H,3-6H2,1-2H3,(H,12,13,14). The molecule has 1 saturated heterocycles. The number of morpholine rings is 1. The summed E-state index contributed by atoms with van der Waals surface area (Å²) in [5.41, 5.74) is 0. The van der Waals surface area contributed by atoms with E-state index < -0.39 is 5.97 Å². The number of carbonyl (C=O) groups is 1. The van der Waals surface area contributed by atoms with Crippen LogP contribution in [-0.2, 0) is 9.53 Å². The van der Waals surface area contributed by atoms with Crippen LogP contribution in [0.15, 0.2) is 6.07 Å². The first-order valence-corrected chi connectivity index (χ1v) is 5.77. The Kier molecular flexibility index (Phi) is 3.93. The van der Waals surface area contributed by atoms with Crippen molar-refractivity contribution >= 4 is 17.7 Å². The second-order valence-electron chi connectivity index (χ2n) is 3.83. The van der Waals surface area contributed by atoms with Gasteiger partial charge in [-0.2, -0.15) is 9.97 Å². The van der Waals surface area contributed by atoms with E-state index in [0.29, 0.717) is 19.2 Å². The molecule has 1 aliphatic rings. The fraction of sp³-hybridized carbons (Fsp3) is 0.545. The summed E-state index contributed by atoms with van der Waals surface area (Å²) in [5.74, 6) is 1.01. The van der Waals surface area contributed by atoms with Crippen molar-refractivity contribution in [2.75, 3.05) is 43.6 Å². The second kappa shape index (κ2) is 5.63. The molecular formula is C11H16N4O3. The fourth-order valence-corrected chi connectivity index (χ4v) is 1.68. The summed E-state index contributed by atoms with van der Waals surface area (Å²) in [6.45, 7) is 4.21. The number of anilines is 2. The van der Waals surface area contributed by atoms with Crippen molar-refractivity contribution in [1.29, 1.82) is 0 Å². The predicted molar refractivity (Wildman–Crippen MR) is 65.9 cm³/mol. The molecule has 0 radical (unpaired) electrons. The molecule has 1 aliphatic heterocycles. The van der Waals surface area contributed by atoms with Crippen LogP contribution in [0.2, 0.25) is 0 Å². The lowest BCUT2D eigenvalue weighted by Crippen LogP contribution is -2.36. The third-order valence-corrected chi connectivity index (χ3v) is 2.50. The molecule has 7 heteroatoms. The van der Waals surface area contributed by atoms with Gasteiger partial charge in [0.25, 0.3) is 0 Å². The minimum absolute atomic E-state index is 0.253. The van der Waals surface area contributed by atoms with Crippen LogP contribution < -0.4 is 15.0 Å². The van der Waals surface area contributed by atoms with E-state index in [-0.39, 0.29) is 5.88 Å². The molecule has 1 fully saturated rings. The first kappa shape index (κ1) is 12.6. The van der Waals surface area contributed by atoms with Crippen LogP contribution in [0.25, 0.3) is 0 Å². The summed E-state index contributed by atoms with van der Waals surface area (Å²) in [6.07, 6.45) is 0.